The average Bonchev–Trinajstić information content (AvgIpc) is 2.51. The summed E-state index contributed by atoms with van der Waals surface area (Å²) in [6.45, 7) is 9.08. The van der Waals surface area contributed by atoms with Gasteiger partial charge in [-0.1, -0.05) is 26.3 Å². The lowest BCUT2D eigenvalue weighted by atomic mass is 9.96. The molecule has 3 nitrogen and oxygen atoms in total. The maximum atomic E-state index is 12.8. The van der Waals surface area contributed by atoms with Gasteiger partial charge in [0.1, 0.15) is 0 Å². The zero-order valence-electron chi connectivity index (χ0n) is 12.9. The van der Waals surface area contributed by atoms with Crippen molar-refractivity contribution >= 4 is 11.6 Å². The van der Waals surface area contributed by atoms with Crippen LogP contribution < -0.4 is 5.32 Å². The Morgan fingerprint density at radius 1 is 1.40 bits per heavy atom. The van der Waals surface area contributed by atoms with Gasteiger partial charge < -0.3 is 10.2 Å². The van der Waals surface area contributed by atoms with E-state index in [-0.39, 0.29) is 5.91 Å². The van der Waals surface area contributed by atoms with Crippen LogP contribution in [0.2, 0.25) is 0 Å². The summed E-state index contributed by atoms with van der Waals surface area (Å²) in [5.74, 6) is 0.741. The Balaban J connectivity index is 2.23. The van der Waals surface area contributed by atoms with E-state index in [2.05, 4.69) is 32.2 Å². The fourth-order valence-electron chi connectivity index (χ4n) is 2.74. The van der Waals surface area contributed by atoms with Crippen LogP contribution in [-0.2, 0) is 6.42 Å². The summed E-state index contributed by atoms with van der Waals surface area (Å²) in [7, 11) is 0. The van der Waals surface area contributed by atoms with Crippen molar-refractivity contribution in [3.8, 4) is 0 Å². The standard InChI is InChI=1S/C17H26N2O/c1-4-13(3)12-19(5-2)17(20)15-8-6-10-16-14(15)9-7-11-18-16/h6,8,10,13,18H,4-5,7,9,11-12H2,1-3H3. The highest BCUT2D eigenvalue weighted by Gasteiger charge is 2.21. The molecule has 20 heavy (non-hydrogen) atoms. The van der Waals surface area contributed by atoms with Crippen LogP contribution in [0, 0.1) is 5.92 Å². The van der Waals surface area contributed by atoms with Crippen molar-refractivity contribution in [2.24, 2.45) is 5.92 Å². The number of hydrogen-bond donors (Lipinski definition) is 1. The molecule has 0 aromatic heterocycles. The van der Waals surface area contributed by atoms with E-state index in [0.717, 1.165) is 50.1 Å². The first-order valence-corrected chi connectivity index (χ1v) is 7.82. The second kappa shape index (κ2) is 6.78. The van der Waals surface area contributed by atoms with E-state index in [1.165, 1.54) is 5.56 Å². The van der Waals surface area contributed by atoms with Crippen LogP contribution in [0.25, 0.3) is 0 Å². The molecule has 1 heterocycles. The first-order valence-electron chi connectivity index (χ1n) is 7.82. The molecule has 3 heteroatoms. The first-order chi connectivity index (χ1) is 9.67. The van der Waals surface area contributed by atoms with E-state index < -0.39 is 0 Å². The molecule has 1 atom stereocenters. The van der Waals surface area contributed by atoms with E-state index in [9.17, 15) is 4.79 Å². The number of carbonyl (C=O) groups excluding carboxylic acids is 1. The monoisotopic (exact) mass is 274 g/mol. The third kappa shape index (κ3) is 3.14. The molecule has 1 N–H and O–H groups in total. The summed E-state index contributed by atoms with van der Waals surface area (Å²) in [6.07, 6.45) is 3.22. The van der Waals surface area contributed by atoms with Crippen LogP contribution in [0.4, 0.5) is 5.69 Å². The molecule has 2 rings (SSSR count). The summed E-state index contributed by atoms with van der Waals surface area (Å²) in [4.78, 5) is 14.8. The van der Waals surface area contributed by atoms with E-state index >= 15 is 0 Å². The molecule has 1 aliphatic rings. The van der Waals surface area contributed by atoms with Gasteiger partial charge in [0.15, 0.2) is 0 Å². The molecule has 1 unspecified atom stereocenters. The number of carbonyl (C=O) groups is 1. The first kappa shape index (κ1) is 14.9. The highest BCUT2D eigenvalue weighted by molar-refractivity contribution is 5.97. The number of amides is 1. The minimum absolute atomic E-state index is 0.188. The third-order valence-electron chi connectivity index (χ3n) is 4.22. The van der Waals surface area contributed by atoms with Crippen LogP contribution in [-0.4, -0.2) is 30.4 Å². The largest absolute Gasteiger partial charge is 0.385 e. The summed E-state index contributed by atoms with van der Waals surface area (Å²) in [5.41, 5.74) is 3.23. The summed E-state index contributed by atoms with van der Waals surface area (Å²) in [6, 6.07) is 6.05. The molecule has 1 aromatic rings. The number of rotatable bonds is 5. The molecule has 0 fully saturated rings. The van der Waals surface area contributed by atoms with Crippen LogP contribution in [0.3, 0.4) is 0 Å². The molecular weight excluding hydrogens is 248 g/mol. The SMILES string of the molecule is CCC(C)CN(CC)C(=O)c1cccc2c1CCCN2. The Morgan fingerprint density at radius 3 is 2.90 bits per heavy atom. The van der Waals surface area contributed by atoms with Gasteiger partial charge in [0.25, 0.3) is 5.91 Å². The van der Waals surface area contributed by atoms with E-state index in [1.54, 1.807) is 0 Å². The van der Waals surface area contributed by atoms with Crippen LogP contribution >= 0.6 is 0 Å². The smallest absolute Gasteiger partial charge is 0.254 e. The van der Waals surface area contributed by atoms with Crippen molar-refractivity contribution < 1.29 is 4.79 Å². The lowest BCUT2D eigenvalue weighted by Crippen LogP contribution is -2.35. The fraction of sp³-hybridized carbons (Fsp3) is 0.588. The van der Waals surface area contributed by atoms with Gasteiger partial charge in [-0.2, -0.15) is 0 Å². The second-order valence-electron chi connectivity index (χ2n) is 5.72. The summed E-state index contributed by atoms with van der Waals surface area (Å²) in [5, 5.41) is 3.40. The second-order valence-corrected chi connectivity index (χ2v) is 5.72. The molecule has 0 saturated heterocycles. The van der Waals surface area contributed by atoms with Crippen molar-refractivity contribution in [1.29, 1.82) is 0 Å². The molecule has 0 aliphatic carbocycles. The lowest BCUT2D eigenvalue weighted by Gasteiger charge is -2.27. The Bertz CT molecular complexity index is 470. The van der Waals surface area contributed by atoms with Gasteiger partial charge in [-0.05, 0) is 43.4 Å². The third-order valence-corrected chi connectivity index (χ3v) is 4.22. The Kier molecular flexibility index (Phi) is 5.05. The summed E-state index contributed by atoms with van der Waals surface area (Å²) >= 11 is 0. The van der Waals surface area contributed by atoms with Crippen molar-refractivity contribution in [2.75, 3.05) is 25.0 Å². The van der Waals surface area contributed by atoms with E-state index in [4.69, 9.17) is 0 Å². The Hall–Kier alpha value is -1.51. The Labute approximate surface area is 122 Å². The number of anilines is 1. The normalized spacial score (nSPS) is 15.2. The molecule has 110 valence electrons. The average molecular weight is 274 g/mol. The zero-order valence-corrected chi connectivity index (χ0v) is 12.9. The maximum Gasteiger partial charge on any atom is 0.254 e. The van der Waals surface area contributed by atoms with E-state index in [0.29, 0.717) is 5.92 Å². The van der Waals surface area contributed by atoms with Crippen LogP contribution in [0.15, 0.2) is 18.2 Å². The van der Waals surface area contributed by atoms with Gasteiger partial charge in [-0.25, -0.2) is 0 Å². The molecule has 1 amide bonds. The van der Waals surface area contributed by atoms with Gasteiger partial charge in [0.05, 0.1) is 0 Å². The summed E-state index contributed by atoms with van der Waals surface area (Å²) < 4.78 is 0. The molecule has 0 saturated carbocycles. The highest BCUT2D eigenvalue weighted by Crippen LogP contribution is 2.26. The van der Waals surface area contributed by atoms with Gasteiger partial charge >= 0.3 is 0 Å². The molecular formula is C17H26N2O. The number of benzene rings is 1. The number of hydrogen-bond acceptors (Lipinski definition) is 2. The zero-order chi connectivity index (χ0) is 14.5. The quantitative estimate of drug-likeness (QED) is 0.890. The Morgan fingerprint density at radius 2 is 2.20 bits per heavy atom. The number of nitrogens with zero attached hydrogens (tertiary/aromatic N) is 1. The van der Waals surface area contributed by atoms with Crippen molar-refractivity contribution in [1.82, 2.24) is 4.90 Å². The molecule has 0 bridgehead atoms. The lowest BCUT2D eigenvalue weighted by molar-refractivity contribution is 0.0739. The molecule has 0 spiro atoms. The predicted octanol–water partition coefficient (Wildman–Crippen LogP) is 3.55. The van der Waals surface area contributed by atoms with Gasteiger partial charge in [0, 0.05) is 30.9 Å². The molecule has 0 radical (unpaired) electrons. The fourth-order valence-corrected chi connectivity index (χ4v) is 2.74. The molecule has 1 aromatic carbocycles. The van der Waals surface area contributed by atoms with Crippen LogP contribution in [0.5, 0.6) is 0 Å². The minimum atomic E-state index is 0.188. The van der Waals surface area contributed by atoms with Gasteiger partial charge in [-0.15, -0.1) is 0 Å². The number of nitrogens with one attached hydrogen (secondary N) is 1. The molecule has 1 aliphatic heterocycles. The topological polar surface area (TPSA) is 32.3 Å². The van der Waals surface area contributed by atoms with Crippen molar-refractivity contribution in [3.05, 3.63) is 29.3 Å². The van der Waals surface area contributed by atoms with E-state index in [1.807, 2.05) is 17.0 Å². The minimum Gasteiger partial charge on any atom is -0.385 e. The number of fused-ring (bicyclic) bond motifs is 1. The highest BCUT2D eigenvalue weighted by atomic mass is 16.2. The van der Waals surface area contributed by atoms with Crippen molar-refractivity contribution in [2.45, 2.75) is 40.0 Å². The van der Waals surface area contributed by atoms with Crippen molar-refractivity contribution in [3.63, 3.8) is 0 Å². The van der Waals surface area contributed by atoms with Gasteiger partial charge in [-0.3, -0.25) is 4.79 Å². The van der Waals surface area contributed by atoms with Crippen LogP contribution in [0.1, 0.15) is 49.5 Å². The maximum absolute atomic E-state index is 12.8. The predicted molar refractivity (Wildman–Crippen MR) is 84.3 cm³/mol. The van der Waals surface area contributed by atoms with Gasteiger partial charge in [0.2, 0.25) is 0 Å².